The first-order valence-electron chi connectivity index (χ1n) is 5.94. The molecule has 19 heavy (non-hydrogen) atoms. The van der Waals surface area contributed by atoms with Gasteiger partial charge in [0, 0.05) is 32.7 Å². The van der Waals surface area contributed by atoms with Crippen LogP contribution in [0.2, 0.25) is 5.02 Å². The zero-order valence-corrected chi connectivity index (χ0v) is 12.9. The van der Waals surface area contributed by atoms with Crippen molar-refractivity contribution in [2.75, 3.05) is 25.6 Å². The first kappa shape index (κ1) is 14.4. The lowest BCUT2D eigenvalue weighted by atomic mass is 10.3. The minimum Gasteiger partial charge on any atom is -0.385 e. The van der Waals surface area contributed by atoms with E-state index in [1.54, 1.807) is 13.3 Å². The Morgan fingerprint density at radius 2 is 2.32 bits per heavy atom. The van der Waals surface area contributed by atoms with E-state index in [2.05, 4.69) is 26.2 Å². The number of methoxy groups -OCH3 is 1. The van der Waals surface area contributed by atoms with Crippen molar-refractivity contribution in [1.82, 2.24) is 9.55 Å². The molecule has 1 aromatic heterocycles. The van der Waals surface area contributed by atoms with Crippen LogP contribution in [0.3, 0.4) is 0 Å². The van der Waals surface area contributed by atoms with Crippen molar-refractivity contribution < 1.29 is 4.74 Å². The molecule has 0 radical (unpaired) electrons. The highest BCUT2D eigenvalue weighted by molar-refractivity contribution is 9.10. The van der Waals surface area contributed by atoms with Crippen LogP contribution in [-0.2, 0) is 4.74 Å². The SMILES string of the molecule is COCCCNc1nccn1-c1cccc(Cl)c1Br. The standard InChI is InChI=1S/C13H15BrClN3O/c1-19-9-3-6-16-13-17-7-8-18(13)11-5-2-4-10(15)12(11)14/h2,4-5,7-8H,3,6,9H2,1H3,(H,16,17). The van der Waals surface area contributed by atoms with Gasteiger partial charge >= 0.3 is 0 Å². The molecule has 0 fully saturated rings. The summed E-state index contributed by atoms with van der Waals surface area (Å²) in [5.74, 6) is 0.791. The molecule has 2 aromatic rings. The van der Waals surface area contributed by atoms with E-state index in [0.717, 1.165) is 35.7 Å². The van der Waals surface area contributed by atoms with Crippen molar-refractivity contribution >= 4 is 33.5 Å². The van der Waals surface area contributed by atoms with Crippen LogP contribution < -0.4 is 5.32 Å². The monoisotopic (exact) mass is 343 g/mol. The van der Waals surface area contributed by atoms with E-state index >= 15 is 0 Å². The van der Waals surface area contributed by atoms with Gasteiger partial charge in [0.05, 0.1) is 15.2 Å². The zero-order chi connectivity index (χ0) is 13.7. The summed E-state index contributed by atoms with van der Waals surface area (Å²) in [5.41, 5.74) is 0.958. The van der Waals surface area contributed by atoms with Gasteiger partial charge in [0.25, 0.3) is 0 Å². The van der Waals surface area contributed by atoms with E-state index in [1.807, 2.05) is 29.0 Å². The van der Waals surface area contributed by atoms with Crippen LogP contribution >= 0.6 is 27.5 Å². The maximum atomic E-state index is 6.11. The quantitative estimate of drug-likeness (QED) is 0.812. The summed E-state index contributed by atoms with van der Waals surface area (Å²) in [6.45, 7) is 1.54. The van der Waals surface area contributed by atoms with E-state index in [1.165, 1.54) is 0 Å². The summed E-state index contributed by atoms with van der Waals surface area (Å²) in [6, 6.07) is 5.74. The maximum absolute atomic E-state index is 6.11. The van der Waals surface area contributed by atoms with E-state index in [4.69, 9.17) is 16.3 Å². The Morgan fingerprint density at radius 1 is 1.47 bits per heavy atom. The third kappa shape index (κ3) is 3.49. The smallest absolute Gasteiger partial charge is 0.207 e. The number of aromatic nitrogens is 2. The highest BCUT2D eigenvalue weighted by Gasteiger charge is 2.09. The summed E-state index contributed by atoms with van der Waals surface area (Å²) in [6.07, 6.45) is 4.58. The summed E-state index contributed by atoms with van der Waals surface area (Å²) in [4.78, 5) is 4.31. The number of nitrogens with zero attached hydrogens (tertiary/aromatic N) is 2. The van der Waals surface area contributed by atoms with Crippen LogP contribution in [0.4, 0.5) is 5.95 Å². The molecule has 102 valence electrons. The first-order chi connectivity index (χ1) is 9.24. The van der Waals surface area contributed by atoms with Crippen molar-refractivity contribution in [3.05, 3.63) is 40.1 Å². The summed E-state index contributed by atoms with van der Waals surface area (Å²) < 4.78 is 7.84. The Balaban J connectivity index is 2.17. The number of ether oxygens (including phenoxy) is 1. The topological polar surface area (TPSA) is 39.1 Å². The lowest BCUT2D eigenvalue weighted by molar-refractivity contribution is 0.197. The van der Waals surface area contributed by atoms with Crippen molar-refractivity contribution in [1.29, 1.82) is 0 Å². The fraction of sp³-hybridized carbons (Fsp3) is 0.308. The van der Waals surface area contributed by atoms with Gasteiger partial charge in [-0.25, -0.2) is 4.98 Å². The van der Waals surface area contributed by atoms with Gasteiger partial charge < -0.3 is 10.1 Å². The number of imidazole rings is 1. The molecule has 0 saturated carbocycles. The van der Waals surface area contributed by atoms with Gasteiger partial charge in [-0.05, 0) is 34.5 Å². The Hall–Kier alpha value is -1.04. The molecule has 4 nitrogen and oxygen atoms in total. The molecule has 2 rings (SSSR count). The number of anilines is 1. The molecule has 0 amide bonds. The number of nitrogens with one attached hydrogen (secondary N) is 1. The van der Waals surface area contributed by atoms with Crippen LogP contribution in [0.5, 0.6) is 0 Å². The Morgan fingerprint density at radius 3 is 3.11 bits per heavy atom. The number of hydrogen-bond donors (Lipinski definition) is 1. The van der Waals surface area contributed by atoms with Gasteiger partial charge in [0.15, 0.2) is 0 Å². The van der Waals surface area contributed by atoms with E-state index in [0.29, 0.717) is 5.02 Å². The van der Waals surface area contributed by atoms with Crippen LogP contribution in [0.15, 0.2) is 35.1 Å². The second-order valence-electron chi connectivity index (χ2n) is 3.97. The Kier molecular flexibility index (Phi) is 5.24. The molecule has 0 bridgehead atoms. The van der Waals surface area contributed by atoms with Gasteiger partial charge in [-0.15, -0.1) is 0 Å². The lowest BCUT2D eigenvalue weighted by Gasteiger charge is -2.12. The van der Waals surface area contributed by atoms with Gasteiger partial charge in [-0.2, -0.15) is 0 Å². The maximum Gasteiger partial charge on any atom is 0.207 e. The normalized spacial score (nSPS) is 10.7. The molecular weight excluding hydrogens is 330 g/mol. The number of halogens is 2. The second kappa shape index (κ2) is 6.93. The van der Waals surface area contributed by atoms with E-state index in [9.17, 15) is 0 Å². The Bertz CT molecular complexity index is 544. The van der Waals surface area contributed by atoms with Crippen molar-refractivity contribution in [3.63, 3.8) is 0 Å². The second-order valence-corrected chi connectivity index (χ2v) is 5.17. The molecule has 0 aliphatic rings. The predicted molar refractivity (Wildman–Crippen MR) is 81.3 cm³/mol. The minimum absolute atomic E-state index is 0.677. The van der Waals surface area contributed by atoms with Crippen LogP contribution in [0.1, 0.15) is 6.42 Å². The molecule has 0 aliphatic heterocycles. The fourth-order valence-corrected chi connectivity index (χ4v) is 2.35. The third-order valence-electron chi connectivity index (χ3n) is 2.64. The van der Waals surface area contributed by atoms with E-state index < -0.39 is 0 Å². The van der Waals surface area contributed by atoms with Crippen LogP contribution in [0.25, 0.3) is 5.69 Å². The predicted octanol–water partition coefficient (Wildman–Crippen LogP) is 3.74. The highest BCUT2D eigenvalue weighted by atomic mass is 79.9. The number of hydrogen-bond acceptors (Lipinski definition) is 3. The molecule has 1 N–H and O–H groups in total. The largest absolute Gasteiger partial charge is 0.385 e. The molecule has 1 heterocycles. The van der Waals surface area contributed by atoms with Gasteiger partial charge in [0.2, 0.25) is 5.95 Å². The van der Waals surface area contributed by atoms with Crippen molar-refractivity contribution in [2.24, 2.45) is 0 Å². The highest BCUT2D eigenvalue weighted by Crippen LogP contribution is 2.30. The minimum atomic E-state index is 0.677. The Labute approximate surface area is 125 Å². The summed E-state index contributed by atoms with van der Waals surface area (Å²) >= 11 is 9.61. The van der Waals surface area contributed by atoms with Crippen LogP contribution in [0, 0.1) is 0 Å². The van der Waals surface area contributed by atoms with Crippen molar-refractivity contribution in [3.8, 4) is 5.69 Å². The number of rotatable bonds is 6. The molecule has 6 heteroatoms. The summed E-state index contributed by atoms with van der Waals surface area (Å²) in [5, 5.41) is 3.96. The van der Waals surface area contributed by atoms with Crippen molar-refractivity contribution in [2.45, 2.75) is 6.42 Å². The molecule has 0 unspecified atom stereocenters. The van der Waals surface area contributed by atoms with Gasteiger partial charge in [-0.1, -0.05) is 17.7 Å². The average Bonchev–Trinajstić information content (AvgIpc) is 2.86. The molecule has 0 saturated heterocycles. The lowest BCUT2D eigenvalue weighted by Crippen LogP contribution is -2.09. The molecule has 0 atom stereocenters. The average molecular weight is 345 g/mol. The van der Waals surface area contributed by atoms with E-state index in [-0.39, 0.29) is 0 Å². The molecule has 0 spiro atoms. The summed E-state index contributed by atoms with van der Waals surface area (Å²) in [7, 11) is 1.70. The third-order valence-corrected chi connectivity index (χ3v) is 4.02. The number of benzene rings is 1. The van der Waals surface area contributed by atoms with Gasteiger partial charge in [0.1, 0.15) is 0 Å². The molecule has 1 aromatic carbocycles. The van der Waals surface area contributed by atoms with Crippen LogP contribution in [-0.4, -0.2) is 29.8 Å². The molecular formula is C13H15BrClN3O. The first-order valence-corrected chi connectivity index (χ1v) is 7.11. The zero-order valence-electron chi connectivity index (χ0n) is 10.6. The fourth-order valence-electron chi connectivity index (χ4n) is 1.72. The molecule has 0 aliphatic carbocycles. The van der Waals surface area contributed by atoms with Gasteiger partial charge in [-0.3, -0.25) is 4.57 Å².